The zero-order valence-electron chi connectivity index (χ0n) is 15.1. The van der Waals surface area contributed by atoms with Crippen molar-refractivity contribution in [2.45, 2.75) is 19.8 Å². The summed E-state index contributed by atoms with van der Waals surface area (Å²) in [5.74, 6) is -1.93. The van der Waals surface area contributed by atoms with E-state index < -0.39 is 18.0 Å². The van der Waals surface area contributed by atoms with Gasteiger partial charge in [0.1, 0.15) is 23.1 Å². The molecule has 3 rings (SSSR count). The van der Waals surface area contributed by atoms with Crippen molar-refractivity contribution in [2.24, 2.45) is 0 Å². The van der Waals surface area contributed by atoms with E-state index in [4.69, 9.17) is 16.3 Å². The molecular formula is C20H15ClF5NO2. The maximum absolute atomic E-state index is 14.6. The highest BCUT2D eigenvalue weighted by molar-refractivity contribution is 6.30. The van der Waals surface area contributed by atoms with Gasteiger partial charge in [-0.05, 0) is 30.7 Å². The summed E-state index contributed by atoms with van der Waals surface area (Å²) in [5.41, 5.74) is 0.997. The molecule has 1 heterocycles. The van der Waals surface area contributed by atoms with Crippen LogP contribution in [0.15, 0.2) is 48.7 Å². The van der Waals surface area contributed by atoms with E-state index in [-0.39, 0.29) is 30.2 Å². The first-order chi connectivity index (χ1) is 13.7. The van der Waals surface area contributed by atoms with E-state index in [1.165, 1.54) is 36.5 Å². The molecule has 0 atom stereocenters. The number of hydrogen-bond donors (Lipinski definition) is 0. The van der Waals surface area contributed by atoms with Crippen molar-refractivity contribution < 1.29 is 31.4 Å². The van der Waals surface area contributed by atoms with Gasteiger partial charge < -0.3 is 14.0 Å². The van der Waals surface area contributed by atoms with Crippen molar-refractivity contribution in [3.8, 4) is 22.8 Å². The first-order valence-electron chi connectivity index (χ1n) is 8.49. The zero-order chi connectivity index (χ0) is 21.2. The molecule has 0 N–H and O–H groups in total. The first kappa shape index (κ1) is 21.0. The molecule has 0 unspecified atom stereocenters. The average Bonchev–Trinajstić information content (AvgIpc) is 2.95. The number of hydrogen-bond acceptors (Lipinski definition) is 2. The molecule has 1 aromatic heterocycles. The molecule has 2 aromatic carbocycles. The summed E-state index contributed by atoms with van der Waals surface area (Å²) in [4.78, 5) is 0. The summed E-state index contributed by atoms with van der Waals surface area (Å²) in [6, 6.07) is 8.58. The smallest absolute Gasteiger partial charge is 0.493 e. The Morgan fingerprint density at radius 1 is 1.03 bits per heavy atom. The monoisotopic (exact) mass is 431 g/mol. The summed E-state index contributed by atoms with van der Waals surface area (Å²) in [6.45, 7) is 2.06. The number of benzene rings is 2. The van der Waals surface area contributed by atoms with E-state index in [0.29, 0.717) is 16.3 Å². The lowest BCUT2D eigenvalue weighted by Gasteiger charge is -2.15. The van der Waals surface area contributed by atoms with Crippen molar-refractivity contribution in [3.63, 3.8) is 0 Å². The fourth-order valence-corrected chi connectivity index (χ4v) is 3.10. The Labute approximate surface area is 168 Å². The van der Waals surface area contributed by atoms with Crippen LogP contribution in [0.25, 0.3) is 11.3 Å². The minimum absolute atomic E-state index is 0.0231. The molecule has 0 aliphatic heterocycles. The van der Waals surface area contributed by atoms with E-state index in [1.807, 2.05) is 0 Å². The van der Waals surface area contributed by atoms with Gasteiger partial charge in [-0.25, -0.2) is 8.78 Å². The Bertz CT molecular complexity index is 999. The van der Waals surface area contributed by atoms with Crippen LogP contribution in [0.1, 0.15) is 12.5 Å². The van der Waals surface area contributed by atoms with E-state index in [9.17, 15) is 22.0 Å². The number of halogens is 6. The SMILES string of the molecule is CCOc1cc(F)cc(F)c1-c1cc(Cl)cn1Cc1ccc(OC(F)(F)F)cc1. The van der Waals surface area contributed by atoms with E-state index in [1.54, 1.807) is 11.5 Å². The molecule has 0 radical (unpaired) electrons. The Balaban J connectivity index is 1.95. The molecule has 0 fully saturated rings. The van der Waals surface area contributed by atoms with Crippen LogP contribution >= 0.6 is 11.6 Å². The predicted octanol–water partition coefficient (Wildman–Crippen LogP) is 6.43. The maximum atomic E-state index is 14.6. The Morgan fingerprint density at radius 3 is 2.34 bits per heavy atom. The van der Waals surface area contributed by atoms with Crippen LogP contribution in [0.5, 0.6) is 11.5 Å². The van der Waals surface area contributed by atoms with Crippen LogP contribution in [0.4, 0.5) is 22.0 Å². The van der Waals surface area contributed by atoms with Crippen LogP contribution in [0, 0.1) is 11.6 Å². The molecule has 29 heavy (non-hydrogen) atoms. The third-order valence-electron chi connectivity index (χ3n) is 3.95. The normalized spacial score (nSPS) is 11.6. The van der Waals surface area contributed by atoms with Crippen molar-refractivity contribution in [3.05, 3.63) is 70.9 Å². The Hall–Kier alpha value is -2.74. The molecule has 0 aliphatic carbocycles. The largest absolute Gasteiger partial charge is 0.573 e. The molecule has 3 aromatic rings. The van der Waals surface area contributed by atoms with Crippen molar-refractivity contribution in [2.75, 3.05) is 6.61 Å². The highest BCUT2D eigenvalue weighted by atomic mass is 35.5. The van der Waals surface area contributed by atoms with Gasteiger partial charge in [0.25, 0.3) is 0 Å². The van der Waals surface area contributed by atoms with Crippen LogP contribution in [-0.2, 0) is 6.54 Å². The minimum Gasteiger partial charge on any atom is -0.493 e. The highest BCUT2D eigenvalue weighted by Gasteiger charge is 2.31. The van der Waals surface area contributed by atoms with Crippen molar-refractivity contribution >= 4 is 11.6 Å². The van der Waals surface area contributed by atoms with E-state index in [2.05, 4.69) is 4.74 Å². The third kappa shape index (κ3) is 5.20. The van der Waals surface area contributed by atoms with E-state index in [0.717, 1.165) is 12.1 Å². The zero-order valence-corrected chi connectivity index (χ0v) is 15.8. The standard InChI is InChI=1S/C20H15ClF5NO2/c1-2-28-18-9-14(22)8-16(23)19(18)17-7-13(21)11-27(17)10-12-3-5-15(6-4-12)29-20(24,25)26/h3-9,11H,2,10H2,1H3. The van der Waals surface area contributed by atoms with Crippen LogP contribution in [0.3, 0.4) is 0 Å². The molecule has 0 saturated carbocycles. The second-order valence-electron chi connectivity index (χ2n) is 6.06. The summed E-state index contributed by atoms with van der Waals surface area (Å²) >= 11 is 6.09. The lowest BCUT2D eigenvalue weighted by Crippen LogP contribution is -2.17. The van der Waals surface area contributed by atoms with Gasteiger partial charge in [0.2, 0.25) is 0 Å². The lowest BCUT2D eigenvalue weighted by molar-refractivity contribution is -0.274. The second kappa shape index (κ2) is 8.32. The first-order valence-corrected chi connectivity index (χ1v) is 8.86. The Kier molecular flexibility index (Phi) is 6.02. The molecule has 0 spiro atoms. The number of rotatable bonds is 6. The fraction of sp³-hybridized carbons (Fsp3) is 0.200. The van der Waals surface area contributed by atoms with Gasteiger partial charge >= 0.3 is 6.36 Å². The summed E-state index contributed by atoms with van der Waals surface area (Å²) in [6.07, 6.45) is -3.24. The van der Waals surface area contributed by atoms with Gasteiger partial charge in [-0.2, -0.15) is 0 Å². The topological polar surface area (TPSA) is 23.4 Å². The maximum Gasteiger partial charge on any atom is 0.573 e. The average molecular weight is 432 g/mol. The number of alkyl halides is 3. The second-order valence-corrected chi connectivity index (χ2v) is 6.49. The van der Waals surface area contributed by atoms with Gasteiger partial charge in [-0.1, -0.05) is 23.7 Å². The Morgan fingerprint density at radius 2 is 1.72 bits per heavy atom. The molecule has 0 amide bonds. The minimum atomic E-state index is -4.78. The summed E-state index contributed by atoms with van der Waals surface area (Å²) in [5, 5.41) is 0.309. The van der Waals surface area contributed by atoms with Crippen LogP contribution in [-0.4, -0.2) is 17.5 Å². The van der Waals surface area contributed by atoms with Crippen LogP contribution < -0.4 is 9.47 Å². The third-order valence-corrected chi connectivity index (χ3v) is 4.15. The number of ether oxygens (including phenoxy) is 2. The van der Waals surface area contributed by atoms with Gasteiger partial charge in [-0.15, -0.1) is 13.2 Å². The predicted molar refractivity (Wildman–Crippen MR) is 98.2 cm³/mol. The van der Waals surface area contributed by atoms with Gasteiger partial charge in [0.05, 0.1) is 22.9 Å². The number of aromatic nitrogens is 1. The van der Waals surface area contributed by atoms with Crippen molar-refractivity contribution in [1.82, 2.24) is 4.57 Å². The van der Waals surface area contributed by atoms with Crippen LogP contribution in [0.2, 0.25) is 5.02 Å². The number of nitrogens with zero attached hydrogens (tertiary/aromatic N) is 1. The van der Waals surface area contributed by atoms with Gasteiger partial charge in [0.15, 0.2) is 0 Å². The lowest BCUT2D eigenvalue weighted by atomic mass is 10.1. The summed E-state index contributed by atoms with van der Waals surface area (Å²) in [7, 11) is 0. The van der Waals surface area contributed by atoms with Gasteiger partial charge in [0, 0.05) is 24.9 Å². The molecule has 0 saturated heterocycles. The molecule has 0 aliphatic rings. The van der Waals surface area contributed by atoms with Crippen molar-refractivity contribution in [1.29, 1.82) is 0 Å². The quantitative estimate of drug-likeness (QED) is 0.420. The fourth-order valence-electron chi connectivity index (χ4n) is 2.88. The molecule has 0 bridgehead atoms. The molecule has 3 nitrogen and oxygen atoms in total. The van der Waals surface area contributed by atoms with E-state index >= 15 is 0 Å². The molecular weight excluding hydrogens is 417 g/mol. The highest BCUT2D eigenvalue weighted by Crippen LogP contribution is 2.36. The summed E-state index contributed by atoms with van der Waals surface area (Å²) < 4.78 is 75.8. The van der Waals surface area contributed by atoms with Gasteiger partial charge in [-0.3, -0.25) is 0 Å². The molecule has 154 valence electrons. The molecule has 9 heteroatoms.